The summed E-state index contributed by atoms with van der Waals surface area (Å²) < 4.78 is 5.37. The minimum Gasteiger partial charge on any atom is -0.377 e. The van der Waals surface area contributed by atoms with Gasteiger partial charge in [-0.05, 0) is 31.9 Å². The molecule has 0 spiro atoms. The summed E-state index contributed by atoms with van der Waals surface area (Å²) >= 11 is 0. The topological polar surface area (TPSA) is 45.7 Å². The van der Waals surface area contributed by atoms with E-state index in [2.05, 4.69) is 34.7 Å². The SMILES string of the molecule is CN=C(NCc1ccccc1C)NCC(C)(C)OC. The Labute approximate surface area is 116 Å². The van der Waals surface area contributed by atoms with Gasteiger partial charge >= 0.3 is 0 Å². The van der Waals surface area contributed by atoms with Crippen LogP contribution in [0, 0.1) is 6.92 Å². The van der Waals surface area contributed by atoms with Gasteiger partial charge in [-0.1, -0.05) is 24.3 Å². The van der Waals surface area contributed by atoms with Crippen LogP contribution in [-0.2, 0) is 11.3 Å². The van der Waals surface area contributed by atoms with Gasteiger partial charge in [0.25, 0.3) is 0 Å². The molecule has 0 aliphatic rings. The van der Waals surface area contributed by atoms with Gasteiger partial charge in [0.2, 0.25) is 0 Å². The standard InChI is InChI=1S/C15H25N3O/c1-12-8-6-7-9-13(12)10-17-14(16-4)18-11-15(2,3)19-5/h6-9H,10-11H2,1-5H3,(H2,16,17,18). The second-order valence-corrected chi connectivity index (χ2v) is 5.17. The van der Waals surface area contributed by atoms with Crippen molar-refractivity contribution in [3.05, 3.63) is 35.4 Å². The predicted molar refractivity (Wildman–Crippen MR) is 80.5 cm³/mol. The van der Waals surface area contributed by atoms with Crippen LogP contribution in [0.15, 0.2) is 29.3 Å². The minimum atomic E-state index is -0.208. The van der Waals surface area contributed by atoms with Crippen LogP contribution in [-0.4, -0.2) is 32.3 Å². The largest absolute Gasteiger partial charge is 0.377 e. The quantitative estimate of drug-likeness (QED) is 0.631. The van der Waals surface area contributed by atoms with E-state index in [9.17, 15) is 0 Å². The third kappa shape index (κ3) is 5.30. The summed E-state index contributed by atoms with van der Waals surface area (Å²) in [7, 11) is 3.48. The Balaban J connectivity index is 2.49. The monoisotopic (exact) mass is 263 g/mol. The normalized spacial score (nSPS) is 12.4. The Hall–Kier alpha value is -1.55. The zero-order valence-corrected chi connectivity index (χ0v) is 12.6. The Morgan fingerprint density at radius 3 is 2.53 bits per heavy atom. The van der Waals surface area contributed by atoms with Crippen molar-refractivity contribution in [3.8, 4) is 0 Å². The molecule has 0 aliphatic carbocycles. The summed E-state index contributed by atoms with van der Waals surface area (Å²) in [5.74, 6) is 0.786. The lowest BCUT2D eigenvalue weighted by Gasteiger charge is -2.24. The van der Waals surface area contributed by atoms with E-state index in [0.717, 1.165) is 12.5 Å². The van der Waals surface area contributed by atoms with Gasteiger partial charge < -0.3 is 15.4 Å². The molecule has 1 aromatic carbocycles. The summed E-state index contributed by atoms with van der Waals surface area (Å²) in [5.41, 5.74) is 2.35. The number of benzene rings is 1. The Kier molecular flexibility index (Phi) is 5.83. The molecule has 4 nitrogen and oxygen atoms in total. The van der Waals surface area contributed by atoms with E-state index in [1.165, 1.54) is 11.1 Å². The fraction of sp³-hybridized carbons (Fsp3) is 0.533. The maximum absolute atomic E-state index is 5.37. The molecule has 19 heavy (non-hydrogen) atoms. The van der Waals surface area contributed by atoms with Gasteiger partial charge in [-0.15, -0.1) is 0 Å². The Morgan fingerprint density at radius 2 is 1.95 bits per heavy atom. The first-order valence-corrected chi connectivity index (χ1v) is 6.52. The van der Waals surface area contributed by atoms with Crippen molar-refractivity contribution in [2.75, 3.05) is 20.7 Å². The van der Waals surface area contributed by atoms with Crippen molar-refractivity contribution in [2.24, 2.45) is 4.99 Å². The maximum atomic E-state index is 5.37. The van der Waals surface area contributed by atoms with Crippen LogP contribution in [0.2, 0.25) is 0 Å². The fourth-order valence-corrected chi connectivity index (χ4v) is 1.58. The maximum Gasteiger partial charge on any atom is 0.191 e. The first-order chi connectivity index (χ1) is 8.98. The van der Waals surface area contributed by atoms with Gasteiger partial charge in [0, 0.05) is 27.2 Å². The van der Waals surface area contributed by atoms with Gasteiger partial charge in [0.05, 0.1) is 5.60 Å². The molecule has 0 amide bonds. The molecule has 4 heteroatoms. The van der Waals surface area contributed by atoms with Gasteiger partial charge in [-0.2, -0.15) is 0 Å². The van der Waals surface area contributed by atoms with Gasteiger partial charge in [-0.25, -0.2) is 0 Å². The second-order valence-electron chi connectivity index (χ2n) is 5.17. The van der Waals surface area contributed by atoms with E-state index in [1.54, 1.807) is 14.2 Å². The molecule has 0 radical (unpaired) electrons. The highest BCUT2D eigenvalue weighted by molar-refractivity contribution is 5.79. The number of nitrogens with one attached hydrogen (secondary N) is 2. The van der Waals surface area contributed by atoms with E-state index in [1.807, 2.05) is 26.0 Å². The number of ether oxygens (including phenoxy) is 1. The van der Waals surface area contributed by atoms with Gasteiger partial charge in [0.1, 0.15) is 0 Å². The lowest BCUT2D eigenvalue weighted by Crippen LogP contribution is -2.45. The van der Waals surface area contributed by atoms with E-state index >= 15 is 0 Å². The molecule has 106 valence electrons. The van der Waals surface area contributed by atoms with E-state index in [0.29, 0.717) is 6.54 Å². The van der Waals surface area contributed by atoms with Crippen LogP contribution < -0.4 is 10.6 Å². The summed E-state index contributed by atoms with van der Waals surface area (Å²) in [6.07, 6.45) is 0. The first kappa shape index (κ1) is 15.5. The van der Waals surface area contributed by atoms with E-state index in [4.69, 9.17) is 4.74 Å². The van der Waals surface area contributed by atoms with Crippen molar-refractivity contribution in [1.29, 1.82) is 0 Å². The zero-order valence-electron chi connectivity index (χ0n) is 12.6. The molecule has 0 unspecified atom stereocenters. The summed E-state index contributed by atoms with van der Waals surface area (Å²) in [5, 5.41) is 6.57. The smallest absolute Gasteiger partial charge is 0.191 e. The number of guanidine groups is 1. The predicted octanol–water partition coefficient (Wildman–Crippen LogP) is 2.09. The van der Waals surface area contributed by atoms with Crippen LogP contribution in [0.4, 0.5) is 0 Å². The van der Waals surface area contributed by atoms with Crippen molar-refractivity contribution in [1.82, 2.24) is 10.6 Å². The molecule has 1 aromatic rings. The molecule has 1 rings (SSSR count). The average Bonchev–Trinajstić information content (AvgIpc) is 2.41. The van der Waals surface area contributed by atoms with Crippen molar-refractivity contribution in [2.45, 2.75) is 32.9 Å². The molecule has 0 aliphatic heterocycles. The van der Waals surface area contributed by atoms with Crippen LogP contribution in [0.5, 0.6) is 0 Å². The van der Waals surface area contributed by atoms with Crippen molar-refractivity contribution < 1.29 is 4.74 Å². The number of methoxy groups -OCH3 is 1. The molecular weight excluding hydrogens is 238 g/mol. The molecule has 0 heterocycles. The highest BCUT2D eigenvalue weighted by Crippen LogP contribution is 2.06. The average molecular weight is 263 g/mol. The van der Waals surface area contributed by atoms with Gasteiger partial charge in [-0.3, -0.25) is 4.99 Å². The second kappa shape index (κ2) is 7.14. The van der Waals surface area contributed by atoms with Crippen molar-refractivity contribution >= 4 is 5.96 Å². The molecular formula is C15H25N3O. The number of hydrogen-bond acceptors (Lipinski definition) is 2. The highest BCUT2D eigenvalue weighted by Gasteiger charge is 2.16. The molecule has 0 saturated heterocycles. The molecule has 0 fully saturated rings. The van der Waals surface area contributed by atoms with Crippen LogP contribution >= 0.6 is 0 Å². The summed E-state index contributed by atoms with van der Waals surface area (Å²) in [6, 6.07) is 8.33. The van der Waals surface area contributed by atoms with Crippen LogP contribution in [0.3, 0.4) is 0 Å². The molecule has 0 saturated carbocycles. The van der Waals surface area contributed by atoms with E-state index < -0.39 is 0 Å². The first-order valence-electron chi connectivity index (χ1n) is 6.52. The third-order valence-corrected chi connectivity index (χ3v) is 3.17. The van der Waals surface area contributed by atoms with Crippen molar-refractivity contribution in [3.63, 3.8) is 0 Å². The number of hydrogen-bond donors (Lipinski definition) is 2. The number of aliphatic imine (C=N–C) groups is 1. The molecule has 0 atom stereocenters. The summed E-state index contributed by atoms with van der Waals surface area (Å²) in [6.45, 7) is 7.65. The number of nitrogens with zero attached hydrogens (tertiary/aromatic N) is 1. The zero-order chi connectivity index (χ0) is 14.3. The number of rotatable bonds is 5. The fourth-order valence-electron chi connectivity index (χ4n) is 1.58. The Bertz CT molecular complexity index is 427. The Morgan fingerprint density at radius 1 is 1.26 bits per heavy atom. The number of aryl methyl sites for hydroxylation is 1. The lowest BCUT2D eigenvalue weighted by molar-refractivity contribution is 0.0268. The highest BCUT2D eigenvalue weighted by atomic mass is 16.5. The lowest BCUT2D eigenvalue weighted by atomic mass is 10.1. The minimum absolute atomic E-state index is 0.208. The molecule has 0 bridgehead atoms. The summed E-state index contributed by atoms with van der Waals surface area (Å²) in [4.78, 5) is 4.21. The van der Waals surface area contributed by atoms with Gasteiger partial charge in [0.15, 0.2) is 5.96 Å². The third-order valence-electron chi connectivity index (χ3n) is 3.17. The van der Waals surface area contributed by atoms with Crippen LogP contribution in [0.25, 0.3) is 0 Å². The molecule has 2 N–H and O–H groups in total. The van der Waals surface area contributed by atoms with Crippen LogP contribution in [0.1, 0.15) is 25.0 Å². The molecule has 0 aromatic heterocycles. The van der Waals surface area contributed by atoms with E-state index in [-0.39, 0.29) is 5.60 Å².